The van der Waals surface area contributed by atoms with Gasteiger partial charge in [-0.05, 0) is 80.2 Å². The van der Waals surface area contributed by atoms with Crippen LogP contribution in [0.2, 0.25) is 0 Å². The van der Waals surface area contributed by atoms with Crippen LogP contribution < -0.4 is 0 Å². The lowest BCUT2D eigenvalue weighted by atomic mass is 9.88. The number of nitrogens with zero attached hydrogens (tertiary/aromatic N) is 6. The van der Waals surface area contributed by atoms with Crippen molar-refractivity contribution in [2.24, 2.45) is 0 Å². The Hall–Kier alpha value is -4.59. The van der Waals surface area contributed by atoms with Gasteiger partial charge in [0.15, 0.2) is 0 Å². The van der Waals surface area contributed by atoms with E-state index in [1.807, 2.05) is 22.8 Å². The Morgan fingerprint density at radius 1 is 1.07 bits per heavy atom. The third-order valence-corrected chi connectivity index (χ3v) is 8.85. The van der Waals surface area contributed by atoms with Gasteiger partial charge in [-0.15, -0.1) is 0 Å². The third-order valence-electron chi connectivity index (χ3n) is 8.85. The highest BCUT2D eigenvalue weighted by molar-refractivity contribution is 5.92. The van der Waals surface area contributed by atoms with E-state index in [-0.39, 0.29) is 17.5 Å². The van der Waals surface area contributed by atoms with E-state index < -0.39 is 5.97 Å². The average molecular weight is 579 g/mol. The fourth-order valence-electron chi connectivity index (χ4n) is 6.36. The lowest BCUT2D eigenvalue weighted by Crippen LogP contribution is -2.35. The lowest BCUT2D eigenvalue weighted by Gasteiger charge is -2.33. The van der Waals surface area contributed by atoms with Gasteiger partial charge in [-0.1, -0.05) is 18.2 Å². The number of aromatic nitrogens is 4. The van der Waals surface area contributed by atoms with Crippen LogP contribution in [0.3, 0.4) is 0 Å². The minimum atomic E-state index is -0.945. The molecule has 0 unspecified atom stereocenters. The van der Waals surface area contributed by atoms with Crippen molar-refractivity contribution < 1.29 is 19.0 Å². The quantitative estimate of drug-likeness (QED) is 0.266. The van der Waals surface area contributed by atoms with Gasteiger partial charge in [-0.2, -0.15) is 5.26 Å². The number of ether oxygens (including phenoxy) is 1. The van der Waals surface area contributed by atoms with Crippen molar-refractivity contribution in [2.45, 2.75) is 50.9 Å². The van der Waals surface area contributed by atoms with E-state index in [4.69, 9.17) is 20.0 Å². The minimum absolute atomic E-state index is 0.129. The van der Waals surface area contributed by atoms with E-state index in [2.05, 4.69) is 15.5 Å². The monoisotopic (exact) mass is 578 g/mol. The van der Waals surface area contributed by atoms with Gasteiger partial charge in [0.2, 0.25) is 0 Å². The third kappa shape index (κ3) is 5.26. The average Bonchev–Trinajstić information content (AvgIpc) is 3.56. The minimum Gasteiger partial charge on any atom is -0.478 e. The van der Waals surface area contributed by atoms with E-state index in [9.17, 15) is 14.3 Å². The second-order valence-corrected chi connectivity index (χ2v) is 11.5. The number of aromatic carboxylic acids is 1. The molecule has 2 fully saturated rings. The highest BCUT2D eigenvalue weighted by Gasteiger charge is 2.27. The fraction of sp³-hybridized carbons (Fsp3) is 0.333. The van der Waals surface area contributed by atoms with Crippen LogP contribution >= 0.6 is 0 Å². The number of piperidine rings is 1. The Balaban J connectivity index is 1.07. The summed E-state index contributed by atoms with van der Waals surface area (Å²) in [6, 6.07) is 17.9. The number of carboxylic acids is 1. The maximum atomic E-state index is 14.6. The SMILES string of the molecule is N#Cc1ccc(Cn2cnc3c(C4CCN(Cc5nc6ccc(C(=O)O)cc6n5C[C@@H]5CCO5)CC4)cccc32)c(F)c1. The van der Waals surface area contributed by atoms with Crippen LogP contribution in [0.1, 0.15) is 58.1 Å². The topological polar surface area (TPSA) is 109 Å². The van der Waals surface area contributed by atoms with Crippen molar-refractivity contribution in [1.82, 2.24) is 24.0 Å². The number of benzene rings is 3. The van der Waals surface area contributed by atoms with Gasteiger partial charge in [0.05, 0.1) is 71.3 Å². The van der Waals surface area contributed by atoms with Gasteiger partial charge in [0.1, 0.15) is 11.6 Å². The molecule has 0 saturated carbocycles. The Kier molecular flexibility index (Phi) is 7.13. The number of likely N-dealkylation sites (tertiary alicyclic amines) is 1. The highest BCUT2D eigenvalue weighted by Crippen LogP contribution is 2.34. The van der Waals surface area contributed by atoms with Crippen molar-refractivity contribution in [3.8, 4) is 6.07 Å². The summed E-state index contributed by atoms with van der Waals surface area (Å²) in [4.78, 5) is 23.7. The first-order valence-corrected chi connectivity index (χ1v) is 14.7. The van der Waals surface area contributed by atoms with E-state index in [1.165, 1.54) is 11.6 Å². The number of carbonyl (C=O) groups is 1. The number of fused-ring (bicyclic) bond motifs is 2. The van der Waals surface area contributed by atoms with E-state index in [0.29, 0.717) is 36.7 Å². The van der Waals surface area contributed by atoms with E-state index in [0.717, 1.165) is 66.9 Å². The van der Waals surface area contributed by atoms with Crippen molar-refractivity contribution in [2.75, 3.05) is 19.7 Å². The molecule has 2 aromatic heterocycles. The predicted octanol–water partition coefficient (Wildman–Crippen LogP) is 5.31. The van der Waals surface area contributed by atoms with Crippen molar-refractivity contribution in [3.63, 3.8) is 0 Å². The molecule has 4 heterocycles. The molecule has 0 aliphatic carbocycles. The Bertz CT molecular complexity index is 1880. The maximum Gasteiger partial charge on any atom is 0.335 e. The van der Waals surface area contributed by atoms with Gasteiger partial charge >= 0.3 is 5.97 Å². The zero-order chi connectivity index (χ0) is 29.5. The molecule has 0 radical (unpaired) electrons. The summed E-state index contributed by atoms with van der Waals surface area (Å²) >= 11 is 0. The molecular formula is C33H31FN6O3. The van der Waals surface area contributed by atoms with Gasteiger partial charge in [0.25, 0.3) is 0 Å². The van der Waals surface area contributed by atoms with Gasteiger partial charge < -0.3 is 19.0 Å². The number of halogens is 1. The summed E-state index contributed by atoms with van der Waals surface area (Å²) in [5.41, 5.74) is 5.86. The molecule has 2 aliphatic heterocycles. The standard InChI is InChI=1S/C33H31FN6O3/c34-27-14-21(16-35)4-5-24(27)17-39-20-36-32-26(2-1-3-29(32)39)22-8-11-38(12-9-22)19-31-37-28-7-6-23(33(41)42)15-30(28)40(31)18-25-10-13-43-25/h1-7,14-15,20,22,25H,8-13,17-19H2,(H,41,42)/t25-/m0/s1. The summed E-state index contributed by atoms with van der Waals surface area (Å²) in [7, 11) is 0. The fourth-order valence-corrected chi connectivity index (χ4v) is 6.36. The summed E-state index contributed by atoms with van der Waals surface area (Å²) in [6.45, 7) is 4.27. The van der Waals surface area contributed by atoms with Crippen molar-refractivity contribution in [3.05, 3.63) is 94.8 Å². The van der Waals surface area contributed by atoms with Gasteiger partial charge in [-0.3, -0.25) is 4.90 Å². The molecule has 0 amide bonds. The number of para-hydroxylation sites is 1. The van der Waals surface area contributed by atoms with Crippen LogP contribution in [-0.4, -0.2) is 60.9 Å². The number of hydrogen-bond donors (Lipinski definition) is 1. The Morgan fingerprint density at radius 2 is 1.91 bits per heavy atom. The highest BCUT2D eigenvalue weighted by atomic mass is 19.1. The smallest absolute Gasteiger partial charge is 0.335 e. The van der Waals surface area contributed by atoms with E-state index >= 15 is 0 Å². The number of rotatable bonds is 8. The number of nitriles is 1. The van der Waals surface area contributed by atoms with Crippen LogP contribution in [-0.2, 0) is 24.4 Å². The molecule has 43 heavy (non-hydrogen) atoms. The first kappa shape index (κ1) is 27.3. The van der Waals surface area contributed by atoms with Gasteiger partial charge in [-0.25, -0.2) is 19.2 Å². The van der Waals surface area contributed by atoms with Crippen molar-refractivity contribution >= 4 is 28.0 Å². The van der Waals surface area contributed by atoms with Crippen molar-refractivity contribution in [1.29, 1.82) is 5.26 Å². The van der Waals surface area contributed by atoms with Crippen LogP contribution in [0.5, 0.6) is 0 Å². The largest absolute Gasteiger partial charge is 0.478 e. The van der Waals surface area contributed by atoms with Crippen LogP contribution in [0.4, 0.5) is 4.39 Å². The molecule has 218 valence electrons. The molecule has 10 heteroatoms. The second kappa shape index (κ2) is 11.2. The molecule has 2 saturated heterocycles. The molecule has 5 aromatic rings. The summed E-state index contributed by atoms with van der Waals surface area (Å²) < 4.78 is 24.4. The van der Waals surface area contributed by atoms with Gasteiger partial charge in [0, 0.05) is 12.2 Å². The Labute approximate surface area is 247 Å². The molecular weight excluding hydrogens is 547 g/mol. The molecule has 9 nitrogen and oxygen atoms in total. The van der Waals surface area contributed by atoms with E-state index in [1.54, 1.807) is 36.7 Å². The number of carboxylic acid groups (broad SMARTS) is 1. The first-order valence-electron chi connectivity index (χ1n) is 14.7. The Morgan fingerprint density at radius 3 is 2.63 bits per heavy atom. The molecule has 7 rings (SSSR count). The second-order valence-electron chi connectivity index (χ2n) is 11.5. The molecule has 1 atom stereocenters. The first-order chi connectivity index (χ1) is 21.0. The molecule has 0 bridgehead atoms. The lowest BCUT2D eigenvalue weighted by molar-refractivity contribution is -0.0592. The van der Waals surface area contributed by atoms with Crippen LogP contribution in [0, 0.1) is 17.1 Å². The summed E-state index contributed by atoms with van der Waals surface area (Å²) in [5.74, 6) is -0.0439. The molecule has 3 aromatic carbocycles. The zero-order valence-corrected chi connectivity index (χ0v) is 23.6. The normalized spacial score (nSPS) is 17.7. The molecule has 0 spiro atoms. The maximum absolute atomic E-state index is 14.6. The van der Waals surface area contributed by atoms with Crippen LogP contribution in [0.25, 0.3) is 22.1 Å². The summed E-state index contributed by atoms with van der Waals surface area (Å²) in [6.07, 6.45) is 4.85. The number of imidazole rings is 2. The molecule has 1 N–H and O–H groups in total. The number of hydrogen-bond acceptors (Lipinski definition) is 6. The zero-order valence-electron chi connectivity index (χ0n) is 23.6. The molecule has 2 aliphatic rings. The predicted molar refractivity (Wildman–Crippen MR) is 158 cm³/mol. The van der Waals surface area contributed by atoms with Crippen LogP contribution in [0.15, 0.2) is 60.9 Å². The summed E-state index contributed by atoms with van der Waals surface area (Å²) in [5, 5.41) is 18.6.